The molecule has 3 aromatic carbocycles. The van der Waals surface area contributed by atoms with Crippen molar-refractivity contribution in [3.8, 4) is 34.9 Å². The number of alkyl halides is 4. The summed E-state index contributed by atoms with van der Waals surface area (Å²) in [6.45, 7) is 11.5. The van der Waals surface area contributed by atoms with Crippen molar-refractivity contribution in [1.29, 1.82) is 0 Å². The van der Waals surface area contributed by atoms with Gasteiger partial charge in [0.25, 0.3) is 11.8 Å². The fourth-order valence-electron chi connectivity index (χ4n) is 24.3. The molecule has 3 N–H and O–H groups in total. The Morgan fingerprint density at radius 3 is 1.12 bits per heavy atom. The topological polar surface area (TPSA) is 360 Å². The molecule has 3 saturated heterocycles. The first kappa shape index (κ1) is 108. The van der Waals surface area contributed by atoms with Gasteiger partial charge >= 0.3 is 18.3 Å². The van der Waals surface area contributed by atoms with E-state index in [4.69, 9.17) is 52.6 Å². The second kappa shape index (κ2) is 45.9. The number of nitrogens with zero attached hydrogens (tertiary/aromatic N) is 9. The molecule has 6 aromatic rings. The molecule has 7 saturated carbocycles. The molecule has 3 radical (unpaired) electrons. The number of halogens is 4. The Morgan fingerprint density at radius 2 is 0.709 bits per heavy atom. The first-order chi connectivity index (χ1) is 66.3. The maximum atomic E-state index is 16.1. The third kappa shape index (κ3) is 23.7. The van der Waals surface area contributed by atoms with Crippen LogP contribution in [0, 0.1) is 63.6 Å². The monoisotopic (exact) mass is 2070 g/mol. The average molecular weight is 2070 g/mol. The summed E-state index contributed by atoms with van der Waals surface area (Å²) in [5.41, 5.74) is 0.702. The zero-order chi connectivity index (χ0) is 97.3. The molecule has 141 heavy (non-hydrogen) atoms. The summed E-state index contributed by atoms with van der Waals surface area (Å²) in [6.07, 6.45) is 26.5. The summed E-state index contributed by atoms with van der Waals surface area (Å²) in [5, 5.41) is 8.87. The van der Waals surface area contributed by atoms with E-state index in [1.165, 1.54) is 30.4 Å². The summed E-state index contributed by atoms with van der Waals surface area (Å²) in [6, 6.07) is 9.74. The first-order valence-corrected chi connectivity index (χ1v) is 50.6. The average Bonchev–Trinajstić information content (AvgIpc) is 1.59. The number of hydrogen-bond acceptors (Lipinski definition) is 24. The number of amides is 6. The maximum absolute atomic E-state index is 16.1. The van der Waals surface area contributed by atoms with Gasteiger partial charge in [-0.25, -0.2) is 63.1 Å². The number of ether oxygens (including phenoxy) is 9. The van der Waals surface area contributed by atoms with Crippen molar-refractivity contribution in [3.63, 3.8) is 0 Å². The molecule has 0 spiro atoms. The van der Waals surface area contributed by atoms with E-state index < -0.39 is 149 Å². The fourth-order valence-corrected chi connectivity index (χ4v) is 24.3. The molecule has 19 rings (SSSR count). The van der Waals surface area contributed by atoms with Crippen molar-refractivity contribution in [3.05, 3.63) is 71.7 Å². The van der Waals surface area contributed by atoms with Crippen LogP contribution in [0.4, 0.5) is 31.9 Å². The van der Waals surface area contributed by atoms with E-state index in [1.54, 1.807) is 62.3 Å². The van der Waals surface area contributed by atoms with Crippen molar-refractivity contribution >= 4 is 88.0 Å². The Balaban J connectivity index is 0.000000202. The Kier molecular flexibility index (Phi) is 35.1. The second-order valence-electron chi connectivity index (χ2n) is 42.5. The molecule has 10 fully saturated rings. The number of aryl methyl sites for hydroxylation is 1. The first-order valence-electron chi connectivity index (χ1n) is 50.6. The number of hydrogen-bond donors (Lipinski definition) is 3. The quantitative estimate of drug-likeness (QED) is 0.0687. The number of carbonyl (C=O) groups is 6. The van der Waals surface area contributed by atoms with Crippen LogP contribution in [0.2, 0.25) is 0 Å². The molecule has 37 heteroatoms. The summed E-state index contributed by atoms with van der Waals surface area (Å²) in [4.78, 5) is 152. The number of carbonyl (C=O) groups excluding carboxylic acids is 9. The van der Waals surface area contributed by atoms with Gasteiger partial charge in [-0.15, -0.1) is 0 Å². The molecule has 9 heterocycles. The van der Waals surface area contributed by atoms with Gasteiger partial charge in [-0.2, -0.15) is 17.6 Å². The van der Waals surface area contributed by atoms with Gasteiger partial charge in [0.1, 0.15) is 77.7 Å². The smallest absolute Gasteiger partial charge is 0.408 e. The molecule has 6 amide bonds. The van der Waals surface area contributed by atoms with Gasteiger partial charge in [0.2, 0.25) is 35.4 Å². The summed E-state index contributed by atoms with van der Waals surface area (Å²) >= 11 is 0. The van der Waals surface area contributed by atoms with E-state index in [1.807, 2.05) is 51.5 Å². The Morgan fingerprint density at radius 1 is 0.362 bits per heavy atom. The molecule has 7 aliphatic carbocycles. The van der Waals surface area contributed by atoms with Gasteiger partial charge in [-0.05, 0) is 222 Å². The fraction of sp³-hybridized carbons (Fsp3) is 0.683. The standard InChI is InChI=1S/C36H47N4O6.C35H45F2N4O6.C33H41F2N4O6.3V.3H2/c1-21-29(20-41)40-19-31(21)45-33-27(37-26-13-12-23(44-3)18-28(26)38-33)11-7-4-6-10-24-25-16-22(25)17-30(24)46-35(43)39-32(34(40)42)36(2)14-8-5-9-15-36;1-21-26(20-42)41-19-28(21)46-31-29(38-24-14-13-23(45-3)18-25(24)39-31)35(36,37)17-8-5-10-22-11-9-12-27(22)47-33(44)40-30(32(41)43)34(2)15-6-4-7-16-34;1-19-24(18-40)39-17-26(19)44-29-27(36-22-11-10-21(43-3)16-23(22)37-29)33(34,35)14-8-5-9-20-15-25(20)45-31(42)38-28(30(39)41)32(2)12-6-4-7-13-32;;;;;;/h12-13,18,21-22,24-25,29-32H,4-11,14-17,19H2,1-3H3,(H,39,43);13-14,18,21-22,26-28,30H,4-12,15-17,19H2,1-3H3,(H,40,44);10-11,16,19-20,24-26,28H,4-9,12-15,17H2,1-3H3,(H,38,42);;;;3*1H/q3*-1;;;;;;/t21-,22?,24+,25?,29+,30+,31-,32+;21-,22+,26+,27+,28-,30+;19-,20+,24+,25+,26-,28+;;;;;;/m000....../s1. The number of benzene rings is 3. The van der Waals surface area contributed by atoms with E-state index >= 15 is 17.6 Å². The van der Waals surface area contributed by atoms with Crippen LogP contribution in [0.5, 0.6) is 34.9 Å². The molecule has 2 unspecified atom stereocenters. The number of methoxy groups -OCH3 is 3. The van der Waals surface area contributed by atoms with Crippen molar-refractivity contribution in [1.82, 2.24) is 60.6 Å². The van der Waals surface area contributed by atoms with Gasteiger partial charge in [0.05, 0.1) is 74.1 Å². The molecular formula is C104H139F4N12O18V3-3. The molecule has 20 atom stereocenters. The minimum absolute atomic E-state index is 0. The Hall–Kier alpha value is -8.82. The number of fused-ring (bicyclic) bond motifs is 17. The van der Waals surface area contributed by atoms with E-state index in [-0.39, 0.29) is 157 Å². The molecule has 6 bridgehead atoms. The van der Waals surface area contributed by atoms with Crippen LogP contribution in [0.15, 0.2) is 54.6 Å². The van der Waals surface area contributed by atoms with Gasteiger partial charge in [0, 0.05) is 91.0 Å². The summed E-state index contributed by atoms with van der Waals surface area (Å²) in [7, 11) is 4.61. The van der Waals surface area contributed by atoms with Crippen LogP contribution in [-0.2, 0) is 117 Å². The van der Waals surface area contributed by atoms with Crippen LogP contribution in [0.25, 0.3) is 33.1 Å². The van der Waals surface area contributed by atoms with E-state index in [2.05, 4.69) is 49.1 Å². The van der Waals surface area contributed by atoms with Crippen LogP contribution in [0.3, 0.4) is 0 Å². The van der Waals surface area contributed by atoms with E-state index in [9.17, 15) is 43.2 Å². The third-order valence-electron chi connectivity index (χ3n) is 33.1. The summed E-state index contributed by atoms with van der Waals surface area (Å²) < 4.78 is 117. The third-order valence-corrected chi connectivity index (χ3v) is 33.1. The minimum atomic E-state index is -3.36. The van der Waals surface area contributed by atoms with Gasteiger partial charge in [-0.3, -0.25) is 14.4 Å². The number of aromatic nitrogens is 6. The molecular weight excluding hydrogens is 1930 g/mol. The maximum Gasteiger partial charge on any atom is 0.408 e. The molecule has 13 aliphatic rings. The van der Waals surface area contributed by atoms with Crippen molar-refractivity contribution in [2.24, 2.45) is 63.6 Å². The predicted octanol–water partition coefficient (Wildman–Crippen LogP) is 18.0. The zero-order valence-electron chi connectivity index (χ0n) is 82.1. The Bertz CT molecular complexity index is 5490. The number of rotatable bonds is 9. The van der Waals surface area contributed by atoms with E-state index in [0.717, 1.165) is 152 Å². The molecule has 6 aliphatic heterocycles. The van der Waals surface area contributed by atoms with Crippen LogP contribution in [0.1, 0.15) is 275 Å². The van der Waals surface area contributed by atoms with Gasteiger partial charge < -0.3 is 87.7 Å². The van der Waals surface area contributed by atoms with Gasteiger partial charge in [0.15, 0.2) is 11.4 Å². The van der Waals surface area contributed by atoms with Crippen molar-refractivity contribution in [2.75, 3.05) is 41.0 Å². The molecule has 769 valence electrons. The summed E-state index contributed by atoms with van der Waals surface area (Å²) in [5.74, 6) is -6.19. The van der Waals surface area contributed by atoms with Crippen LogP contribution in [-0.4, -0.2) is 213 Å². The largest absolute Gasteiger partial charge is 0.540 e. The Labute approximate surface area is 862 Å². The molecule has 30 nitrogen and oxygen atoms in total. The normalized spacial score (nSPS) is 31.9. The SMILES string of the molecule is COc1ccc2nc3c(nc2c1)O[C@H]1CN(C(=O)[C@H](C2(C)CCCCC2)NC(=O)O[C@@H]2CC4CC4[C@H]2CCCCC3)[C@H]([C-]=O)[C@@H]1C.COc1ccc2nc3c(nc2c1)O[C@H]1CN(C(=O)[C@H](C2(C)CCCCC2)NC(=O)O[C@@H]2CCC[C@H]2CCCCC3(F)F)[C@H]([C-]=O)[C@@H]1C.COc1ccc2nc3c(nc2c1)O[C@H]1CN(C(=O)[C@H](C2(C)CCCCC2)NC(=O)O[C@@H]2C[C@H]2CCCCC3(F)F)[C@H]([C-]=O)[C@@H]1C.[HH].[HH].[HH].[V].[V].[V]. The molecule has 3 aromatic heterocycles. The predicted molar refractivity (Wildman–Crippen MR) is 506 cm³/mol. The number of nitrogens with one attached hydrogen (secondary N) is 3. The van der Waals surface area contributed by atoms with Crippen LogP contribution < -0.4 is 44.4 Å². The van der Waals surface area contributed by atoms with E-state index in [0.29, 0.717) is 102 Å². The van der Waals surface area contributed by atoms with Gasteiger partial charge in [-0.1, -0.05) is 143 Å². The number of alkyl carbamates (subject to hydrolysis) is 3. The second-order valence-corrected chi connectivity index (χ2v) is 42.5. The van der Waals surface area contributed by atoms with Crippen LogP contribution >= 0.6 is 0 Å². The zero-order valence-corrected chi connectivity index (χ0v) is 86.3. The van der Waals surface area contributed by atoms with Crippen molar-refractivity contribution in [2.45, 2.75) is 345 Å². The van der Waals surface area contributed by atoms with Crippen molar-refractivity contribution < 1.29 is 163 Å². The minimum Gasteiger partial charge on any atom is -0.540 e.